The Labute approximate surface area is 152 Å². The van der Waals surface area contributed by atoms with Crippen LogP contribution in [-0.4, -0.2) is 41.8 Å². The SMILES string of the molecule is CC(=O)c1ccc(C#N)cc1N1CCCN(Cc2csc(C)n2)CC1. The van der Waals surface area contributed by atoms with Gasteiger partial charge in [-0.15, -0.1) is 11.3 Å². The van der Waals surface area contributed by atoms with Gasteiger partial charge in [-0.2, -0.15) is 5.26 Å². The van der Waals surface area contributed by atoms with Crippen molar-refractivity contribution in [1.29, 1.82) is 5.26 Å². The van der Waals surface area contributed by atoms with E-state index in [4.69, 9.17) is 0 Å². The van der Waals surface area contributed by atoms with Gasteiger partial charge in [0, 0.05) is 49.4 Å². The maximum Gasteiger partial charge on any atom is 0.161 e. The molecule has 6 heteroatoms. The van der Waals surface area contributed by atoms with E-state index in [1.54, 1.807) is 30.4 Å². The minimum absolute atomic E-state index is 0.0403. The van der Waals surface area contributed by atoms with Gasteiger partial charge in [-0.25, -0.2) is 4.98 Å². The number of aromatic nitrogens is 1. The topological polar surface area (TPSA) is 60.2 Å². The van der Waals surface area contributed by atoms with Crippen LogP contribution >= 0.6 is 11.3 Å². The van der Waals surface area contributed by atoms with Crippen molar-refractivity contribution in [2.24, 2.45) is 0 Å². The standard InChI is InChI=1S/C19H22N4OS/c1-14(24)18-5-4-16(11-20)10-19(18)23-7-3-6-22(8-9-23)12-17-13-25-15(2)21-17/h4-5,10,13H,3,6-9,12H2,1-2H3. The van der Waals surface area contributed by atoms with Crippen LogP contribution in [-0.2, 0) is 6.54 Å². The van der Waals surface area contributed by atoms with E-state index in [1.165, 1.54) is 0 Å². The summed E-state index contributed by atoms with van der Waals surface area (Å²) in [7, 11) is 0. The van der Waals surface area contributed by atoms with Crippen molar-refractivity contribution in [2.45, 2.75) is 26.8 Å². The van der Waals surface area contributed by atoms with E-state index in [9.17, 15) is 10.1 Å². The summed E-state index contributed by atoms with van der Waals surface area (Å²) in [6.45, 7) is 8.16. The number of nitriles is 1. The first-order valence-corrected chi connectivity index (χ1v) is 9.38. The van der Waals surface area contributed by atoms with Crippen LogP contribution < -0.4 is 4.90 Å². The molecule has 1 saturated heterocycles. The van der Waals surface area contributed by atoms with Crippen molar-refractivity contribution in [3.8, 4) is 6.07 Å². The molecule has 0 bridgehead atoms. The zero-order chi connectivity index (χ0) is 17.8. The smallest absolute Gasteiger partial charge is 0.161 e. The number of carbonyl (C=O) groups excluding carboxylic acids is 1. The molecule has 1 fully saturated rings. The van der Waals surface area contributed by atoms with Crippen molar-refractivity contribution < 1.29 is 4.79 Å². The number of hydrogen-bond acceptors (Lipinski definition) is 6. The second-order valence-electron chi connectivity index (χ2n) is 6.37. The van der Waals surface area contributed by atoms with Gasteiger partial charge in [0.1, 0.15) is 0 Å². The summed E-state index contributed by atoms with van der Waals surface area (Å²) in [6, 6.07) is 7.51. The lowest BCUT2D eigenvalue weighted by Crippen LogP contribution is -2.31. The molecule has 1 aliphatic rings. The van der Waals surface area contributed by atoms with Gasteiger partial charge in [0.05, 0.1) is 22.3 Å². The lowest BCUT2D eigenvalue weighted by Gasteiger charge is -2.25. The third-order valence-corrected chi connectivity index (χ3v) is 5.31. The van der Waals surface area contributed by atoms with Crippen molar-refractivity contribution >= 4 is 22.8 Å². The fourth-order valence-corrected chi connectivity index (χ4v) is 3.84. The predicted molar refractivity (Wildman–Crippen MR) is 100 cm³/mol. The lowest BCUT2D eigenvalue weighted by molar-refractivity contribution is 0.101. The number of thiazole rings is 1. The molecule has 130 valence electrons. The summed E-state index contributed by atoms with van der Waals surface area (Å²) in [4.78, 5) is 21.2. The molecule has 2 aromatic rings. The number of Topliss-reactive ketones (excluding diaryl/α,β-unsaturated/α-hetero) is 1. The second kappa shape index (κ2) is 7.77. The number of ketones is 1. The molecule has 0 unspecified atom stereocenters. The molecule has 0 N–H and O–H groups in total. The zero-order valence-corrected chi connectivity index (χ0v) is 15.5. The molecule has 2 heterocycles. The van der Waals surface area contributed by atoms with Crippen molar-refractivity contribution in [3.63, 3.8) is 0 Å². The predicted octanol–water partition coefficient (Wildman–Crippen LogP) is 3.24. The average Bonchev–Trinajstić information content (AvgIpc) is 2.87. The Morgan fingerprint density at radius 3 is 2.84 bits per heavy atom. The van der Waals surface area contributed by atoms with Crippen LogP contribution in [0.5, 0.6) is 0 Å². The molecule has 0 saturated carbocycles. The van der Waals surface area contributed by atoms with Crippen molar-refractivity contribution in [2.75, 3.05) is 31.1 Å². The number of hydrogen-bond donors (Lipinski definition) is 0. The Balaban J connectivity index is 1.74. The number of nitrogens with zero attached hydrogens (tertiary/aromatic N) is 4. The molecular formula is C19H22N4OS. The maximum absolute atomic E-state index is 12.0. The zero-order valence-electron chi connectivity index (χ0n) is 14.7. The summed E-state index contributed by atoms with van der Waals surface area (Å²) >= 11 is 1.69. The van der Waals surface area contributed by atoms with Crippen LogP contribution in [0.25, 0.3) is 0 Å². The first-order valence-electron chi connectivity index (χ1n) is 8.50. The maximum atomic E-state index is 12.0. The van der Waals surface area contributed by atoms with Gasteiger partial charge in [0.2, 0.25) is 0 Å². The Bertz CT molecular complexity index is 808. The monoisotopic (exact) mass is 354 g/mol. The molecule has 5 nitrogen and oxygen atoms in total. The van der Waals surface area contributed by atoms with E-state index in [1.807, 2.05) is 13.0 Å². The fourth-order valence-electron chi connectivity index (χ4n) is 3.24. The van der Waals surface area contributed by atoms with Gasteiger partial charge >= 0.3 is 0 Å². The van der Waals surface area contributed by atoms with Gasteiger partial charge in [-0.05, 0) is 38.5 Å². The number of aryl methyl sites for hydroxylation is 1. The van der Waals surface area contributed by atoms with Gasteiger partial charge in [0.25, 0.3) is 0 Å². The van der Waals surface area contributed by atoms with Gasteiger partial charge in [-0.1, -0.05) is 0 Å². The number of carbonyl (C=O) groups is 1. The highest BCUT2D eigenvalue weighted by Crippen LogP contribution is 2.24. The second-order valence-corrected chi connectivity index (χ2v) is 7.44. The van der Waals surface area contributed by atoms with Crippen LogP contribution in [0.3, 0.4) is 0 Å². The fraction of sp³-hybridized carbons (Fsp3) is 0.421. The highest BCUT2D eigenvalue weighted by molar-refractivity contribution is 7.09. The molecule has 25 heavy (non-hydrogen) atoms. The normalized spacial score (nSPS) is 15.6. The van der Waals surface area contributed by atoms with Gasteiger partial charge in [0.15, 0.2) is 5.78 Å². The largest absolute Gasteiger partial charge is 0.370 e. The van der Waals surface area contributed by atoms with Crippen LogP contribution in [0, 0.1) is 18.3 Å². The minimum atomic E-state index is 0.0403. The van der Waals surface area contributed by atoms with E-state index in [2.05, 4.69) is 26.2 Å². The molecule has 0 amide bonds. The highest BCUT2D eigenvalue weighted by atomic mass is 32.1. The number of anilines is 1. The van der Waals surface area contributed by atoms with Crippen LogP contribution in [0.1, 0.15) is 40.0 Å². The quantitative estimate of drug-likeness (QED) is 0.789. The summed E-state index contributed by atoms with van der Waals surface area (Å²) in [6.07, 6.45) is 1.03. The van der Waals surface area contributed by atoms with E-state index >= 15 is 0 Å². The van der Waals surface area contributed by atoms with E-state index in [0.717, 1.165) is 55.5 Å². The molecule has 3 rings (SSSR count). The number of rotatable bonds is 4. The van der Waals surface area contributed by atoms with E-state index in [-0.39, 0.29) is 5.78 Å². The Kier molecular flexibility index (Phi) is 5.47. The third kappa shape index (κ3) is 4.25. The molecule has 1 aromatic heterocycles. The molecular weight excluding hydrogens is 332 g/mol. The van der Waals surface area contributed by atoms with Gasteiger partial charge in [-0.3, -0.25) is 9.69 Å². The van der Waals surface area contributed by atoms with Crippen LogP contribution in [0.2, 0.25) is 0 Å². The number of benzene rings is 1. The summed E-state index contributed by atoms with van der Waals surface area (Å²) < 4.78 is 0. The van der Waals surface area contributed by atoms with E-state index < -0.39 is 0 Å². The van der Waals surface area contributed by atoms with Crippen molar-refractivity contribution in [1.82, 2.24) is 9.88 Å². The Hall–Kier alpha value is -2.23. The van der Waals surface area contributed by atoms with Crippen LogP contribution in [0.15, 0.2) is 23.6 Å². The minimum Gasteiger partial charge on any atom is -0.370 e. The molecule has 0 radical (unpaired) electrons. The van der Waals surface area contributed by atoms with Gasteiger partial charge < -0.3 is 4.90 Å². The molecule has 1 aromatic carbocycles. The summed E-state index contributed by atoms with van der Waals surface area (Å²) in [5.74, 6) is 0.0403. The summed E-state index contributed by atoms with van der Waals surface area (Å²) in [5, 5.41) is 12.4. The highest BCUT2D eigenvalue weighted by Gasteiger charge is 2.20. The average molecular weight is 354 g/mol. The van der Waals surface area contributed by atoms with E-state index in [0.29, 0.717) is 11.1 Å². The first-order chi connectivity index (χ1) is 12.1. The summed E-state index contributed by atoms with van der Waals surface area (Å²) in [5.41, 5.74) is 3.31. The first kappa shape index (κ1) is 17.6. The Morgan fingerprint density at radius 2 is 2.16 bits per heavy atom. The lowest BCUT2D eigenvalue weighted by atomic mass is 10.1. The molecule has 0 atom stereocenters. The van der Waals surface area contributed by atoms with Crippen molar-refractivity contribution in [3.05, 3.63) is 45.4 Å². The molecule has 0 spiro atoms. The van der Waals surface area contributed by atoms with Crippen LogP contribution in [0.4, 0.5) is 5.69 Å². The molecule has 0 aliphatic carbocycles. The Morgan fingerprint density at radius 1 is 1.32 bits per heavy atom. The third-order valence-electron chi connectivity index (χ3n) is 4.49. The molecule has 1 aliphatic heterocycles.